The topological polar surface area (TPSA) is 37.5 Å². The molecule has 0 bridgehead atoms. The predicted octanol–water partition coefficient (Wildman–Crippen LogP) is 7.81. The van der Waals surface area contributed by atoms with Crippen LogP contribution in [0.1, 0.15) is 0 Å². The normalized spacial score (nSPS) is 11.4. The summed E-state index contributed by atoms with van der Waals surface area (Å²) in [4.78, 5) is 0. The van der Waals surface area contributed by atoms with Gasteiger partial charge >= 0.3 is 0 Å². The lowest BCUT2D eigenvalue weighted by Crippen LogP contribution is -2.13. The first kappa shape index (κ1) is 21.2. The Labute approximate surface area is 206 Å². The van der Waals surface area contributed by atoms with E-state index in [9.17, 15) is 0 Å². The first-order valence-corrected chi connectivity index (χ1v) is 11.8. The summed E-state index contributed by atoms with van der Waals surface area (Å²) >= 11 is 2.35. The molecule has 160 valence electrons. The Morgan fingerprint density at radius 3 is 1.55 bits per heavy atom. The molecule has 0 radical (unpaired) electrons. The molecule has 1 aromatic heterocycles. The van der Waals surface area contributed by atoms with Crippen LogP contribution >= 0.6 is 22.6 Å². The fraction of sp³-hybridized carbons (Fsp3) is 0. The van der Waals surface area contributed by atoms with Crippen molar-refractivity contribution in [2.45, 2.75) is 0 Å². The summed E-state index contributed by atoms with van der Waals surface area (Å²) in [6, 6.07) is 40.9. The van der Waals surface area contributed by atoms with Gasteiger partial charge in [-0.15, -0.1) is 5.10 Å². The summed E-state index contributed by atoms with van der Waals surface area (Å²) in [5.41, 5.74) is 9.95. The second kappa shape index (κ2) is 9.88. The van der Waals surface area contributed by atoms with E-state index in [4.69, 9.17) is 4.42 Å². The number of nitrogens with zero attached hydrogens (tertiary/aromatic N) is 1. The van der Waals surface area contributed by atoms with Crippen LogP contribution in [0.3, 0.4) is 0 Å². The molecule has 0 amide bonds. The third-order valence-corrected chi connectivity index (χ3v) is 6.31. The van der Waals surface area contributed by atoms with Crippen molar-refractivity contribution < 1.29 is 4.42 Å². The molecule has 0 atom stereocenters. The number of nitrogens with one attached hydrogen (secondary N) is 1. The highest BCUT2D eigenvalue weighted by molar-refractivity contribution is 14.1. The van der Waals surface area contributed by atoms with E-state index < -0.39 is 0 Å². The third-order valence-electron chi connectivity index (χ3n) is 5.30. The van der Waals surface area contributed by atoms with Gasteiger partial charge in [0.05, 0.1) is 9.26 Å². The molecular weight excluding hydrogens is 519 g/mol. The number of anilines is 1. The van der Waals surface area contributed by atoms with Crippen molar-refractivity contribution in [3.05, 3.63) is 130 Å². The van der Waals surface area contributed by atoms with E-state index in [2.05, 4.69) is 93.8 Å². The van der Waals surface area contributed by atoms with E-state index in [1.165, 1.54) is 0 Å². The SMILES string of the molecule is Ic1c(-c2ccccc2)c(-c2ccccc2)c(-c2ccccc2)o/c1=N\Nc1ccccc1. The highest BCUT2D eigenvalue weighted by atomic mass is 127. The van der Waals surface area contributed by atoms with Crippen molar-refractivity contribution in [1.82, 2.24) is 0 Å². The lowest BCUT2D eigenvalue weighted by atomic mass is 9.92. The number of rotatable bonds is 5. The molecule has 5 aromatic rings. The zero-order valence-corrected chi connectivity index (χ0v) is 19.9. The van der Waals surface area contributed by atoms with Crippen molar-refractivity contribution in [1.29, 1.82) is 0 Å². The van der Waals surface area contributed by atoms with Crippen molar-refractivity contribution in [3.8, 4) is 33.6 Å². The van der Waals surface area contributed by atoms with Crippen molar-refractivity contribution in [2.75, 3.05) is 5.43 Å². The quantitative estimate of drug-likeness (QED) is 0.182. The molecule has 0 saturated carbocycles. The second-order valence-corrected chi connectivity index (χ2v) is 8.57. The smallest absolute Gasteiger partial charge is 0.250 e. The summed E-state index contributed by atoms with van der Waals surface area (Å²) in [5.74, 6) is 0.787. The van der Waals surface area contributed by atoms with Gasteiger partial charge in [-0.1, -0.05) is 109 Å². The van der Waals surface area contributed by atoms with Gasteiger partial charge in [-0.05, 0) is 45.9 Å². The van der Waals surface area contributed by atoms with Crippen LogP contribution in [-0.2, 0) is 0 Å². The number of para-hydroxylation sites is 1. The molecule has 1 heterocycles. The van der Waals surface area contributed by atoms with Gasteiger partial charge in [0, 0.05) is 16.7 Å². The largest absolute Gasteiger partial charge is 0.435 e. The second-order valence-electron chi connectivity index (χ2n) is 7.49. The molecule has 0 aliphatic heterocycles. The molecule has 0 fully saturated rings. The van der Waals surface area contributed by atoms with Crippen molar-refractivity contribution in [3.63, 3.8) is 0 Å². The summed E-state index contributed by atoms with van der Waals surface area (Å²) in [7, 11) is 0. The van der Waals surface area contributed by atoms with E-state index in [1.54, 1.807) is 0 Å². The van der Waals surface area contributed by atoms with Crippen LogP contribution in [0.2, 0.25) is 0 Å². The maximum absolute atomic E-state index is 6.53. The maximum Gasteiger partial charge on any atom is 0.250 e. The fourth-order valence-corrected chi connectivity index (χ4v) is 4.58. The Kier molecular flexibility index (Phi) is 6.35. The van der Waals surface area contributed by atoms with Crippen molar-refractivity contribution in [2.24, 2.45) is 5.10 Å². The van der Waals surface area contributed by atoms with Gasteiger partial charge in [0.2, 0.25) is 0 Å². The lowest BCUT2D eigenvalue weighted by Gasteiger charge is -2.17. The Hall–Kier alpha value is -3.64. The zero-order chi connectivity index (χ0) is 22.5. The molecule has 0 spiro atoms. The van der Waals surface area contributed by atoms with E-state index in [-0.39, 0.29) is 0 Å². The van der Waals surface area contributed by atoms with Gasteiger partial charge < -0.3 is 4.42 Å². The molecule has 4 heteroatoms. The van der Waals surface area contributed by atoms with E-state index in [1.807, 2.05) is 60.7 Å². The molecular formula is C29H21IN2O. The number of benzene rings is 4. The molecule has 33 heavy (non-hydrogen) atoms. The van der Waals surface area contributed by atoms with Gasteiger partial charge in [0.1, 0.15) is 5.76 Å². The van der Waals surface area contributed by atoms with E-state index in [0.717, 1.165) is 42.8 Å². The highest BCUT2D eigenvalue weighted by Gasteiger charge is 2.21. The van der Waals surface area contributed by atoms with Crippen LogP contribution in [0, 0.1) is 3.57 Å². The summed E-state index contributed by atoms with van der Waals surface area (Å²) < 4.78 is 7.47. The minimum absolute atomic E-state index is 0.539. The Balaban J connectivity index is 1.83. The number of hydrogen-bond acceptors (Lipinski definition) is 3. The minimum Gasteiger partial charge on any atom is -0.435 e. The minimum atomic E-state index is 0.539. The van der Waals surface area contributed by atoms with E-state index in [0.29, 0.717) is 5.55 Å². The molecule has 0 aliphatic rings. The molecule has 5 rings (SSSR count). The highest BCUT2D eigenvalue weighted by Crippen LogP contribution is 2.41. The van der Waals surface area contributed by atoms with Crippen LogP contribution in [0.4, 0.5) is 5.69 Å². The molecule has 4 aromatic carbocycles. The van der Waals surface area contributed by atoms with Gasteiger partial charge in [0.25, 0.3) is 5.55 Å². The standard InChI is InChI=1S/C29H21IN2O/c30-27-25(21-13-5-1-6-14-21)26(22-15-7-2-8-16-22)28(23-17-9-3-10-18-23)33-29(27)32-31-24-19-11-4-12-20-24/h1-20,31H/b32-29-. The first-order valence-electron chi connectivity index (χ1n) is 10.7. The number of hydrogen-bond donors (Lipinski definition) is 1. The van der Waals surface area contributed by atoms with Gasteiger partial charge in [-0.3, -0.25) is 5.43 Å². The Bertz CT molecular complexity index is 1420. The molecule has 1 N–H and O–H groups in total. The molecule has 0 saturated heterocycles. The van der Waals surface area contributed by atoms with Crippen LogP contribution in [0.5, 0.6) is 0 Å². The summed E-state index contributed by atoms with van der Waals surface area (Å²) in [6.07, 6.45) is 0. The fourth-order valence-electron chi connectivity index (χ4n) is 3.77. The monoisotopic (exact) mass is 540 g/mol. The van der Waals surface area contributed by atoms with Gasteiger partial charge in [-0.2, -0.15) is 0 Å². The van der Waals surface area contributed by atoms with Crippen LogP contribution in [0.15, 0.2) is 131 Å². The van der Waals surface area contributed by atoms with Crippen molar-refractivity contribution >= 4 is 28.3 Å². The average Bonchev–Trinajstić information content (AvgIpc) is 2.90. The maximum atomic E-state index is 6.53. The predicted molar refractivity (Wildman–Crippen MR) is 143 cm³/mol. The van der Waals surface area contributed by atoms with Gasteiger partial charge in [0.15, 0.2) is 0 Å². The first-order chi connectivity index (χ1) is 16.3. The molecule has 3 nitrogen and oxygen atoms in total. The van der Waals surface area contributed by atoms with Crippen LogP contribution in [-0.4, -0.2) is 0 Å². The van der Waals surface area contributed by atoms with Crippen LogP contribution < -0.4 is 11.0 Å². The Morgan fingerprint density at radius 1 is 0.545 bits per heavy atom. The average molecular weight is 540 g/mol. The summed E-state index contributed by atoms with van der Waals surface area (Å²) in [6.45, 7) is 0. The number of halogens is 1. The Morgan fingerprint density at radius 2 is 1.00 bits per heavy atom. The summed E-state index contributed by atoms with van der Waals surface area (Å²) in [5, 5.41) is 4.66. The lowest BCUT2D eigenvalue weighted by molar-refractivity contribution is 0.505. The van der Waals surface area contributed by atoms with Crippen LogP contribution in [0.25, 0.3) is 33.6 Å². The van der Waals surface area contributed by atoms with Gasteiger partial charge in [-0.25, -0.2) is 0 Å². The molecule has 0 aliphatic carbocycles. The van der Waals surface area contributed by atoms with E-state index >= 15 is 0 Å². The zero-order valence-electron chi connectivity index (χ0n) is 17.8. The molecule has 0 unspecified atom stereocenters. The third kappa shape index (κ3) is 4.61.